The topological polar surface area (TPSA) is 78.9 Å². The van der Waals surface area contributed by atoms with E-state index in [1.165, 1.54) is 128 Å². The fourth-order valence-corrected chi connectivity index (χ4v) is 7.04. The number of hydrogen-bond acceptors (Lipinski definition) is 6. The number of esters is 3. The van der Waals surface area contributed by atoms with Crippen molar-refractivity contribution >= 4 is 17.9 Å². The maximum atomic E-state index is 12.8. The van der Waals surface area contributed by atoms with Gasteiger partial charge in [0.2, 0.25) is 0 Å². The van der Waals surface area contributed by atoms with E-state index in [4.69, 9.17) is 14.2 Å². The van der Waals surface area contributed by atoms with Crippen LogP contribution in [0.5, 0.6) is 0 Å². The van der Waals surface area contributed by atoms with Gasteiger partial charge in [0.15, 0.2) is 6.10 Å². The quantitative estimate of drug-likeness (QED) is 0.0264. The van der Waals surface area contributed by atoms with Crippen molar-refractivity contribution in [3.8, 4) is 0 Å². The minimum atomic E-state index is -0.777. The van der Waals surface area contributed by atoms with Gasteiger partial charge in [-0.25, -0.2) is 0 Å². The van der Waals surface area contributed by atoms with E-state index in [-0.39, 0.29) is 31.1 Å². The molecule has 0 aromatic heterocycles. The lowest BCUT2D eigenvalue weighted by molar-refractivity contribution is -0.167. The molecule has 0 spiro atoms. The van der Waals surface area contributed by atoms with E-state index in [1.54, 1.807) is 0 Å². The molecule has 0 aromatic rings. The molecule has 0 N–H and O–H groups in total. The molecule has 0 saturated heterocycles. The van der Waals surface area contributed by atoms with E-state index in [0.29, 0.717) is 19.3 Å². The van der Waals surface area contributed by atoms with Crippen molar-refractivity contribution in [3.05, 3.63) is 36.5 Å². The Morgan fingerprint density at radius 3 is 1.03 bits per heavy atom. The second kappa shape index (κ2) is 47.3. The van der Waals surface area contributed by atoms with Gasteiger partial charge in [-0.2, -0.15) is 0 Å². The molecule has 0 heterocycles. The third kappa shape index (κ3) is 44.7. The van der Waals surface area contributed by atoms with Gasteiger partial charge in [0.25, 0.3) is 0 Å². The zero-order valence-corrected chi connectivity index (χ0v) is 38.6. The largest absolute Gasteiger partial charge is 0.462 e. The Kier molecular flexibility index (Phi) is 45.4. The van der Waals surface area contributed by atoms with Crippen LogP contribution >= 0.6 is 0 Å². The van der Waals surface area contributed by atoms with Gasteiger partial charge in [-0.1, -0.05) is 205 Å². The Bertz CT molecular complexity index is 984. The summed E-state index contributed by atoms with van der Waals surface area (Å²) in [6.07, 6.45) is 54.0. The number of ether oxygens (including phenoxy) is 3. The van der Waals surface area contributed by atoms with Gasteiger partial charge in [0, 0.05) is 19.3 Å². The standard InChI is InChI=1S/C52H94O6/c1-4-7-10-13-16-19-22-25-28-30-33-36-39-42-45-51(54)57-48-49(58-52(55)46-43-40-37-34-31-27-24-21-18-15-12-9-6-3)47-56-50(53)44-41-38-35-32-29-26-23-20-17-14-11-8-5-2/h13,16,21-22,24-25,49H,4-12,14-15,17-20,23,26-48H2,1-3H3/b16-13-,24-21-,25-22-. The molecule has 0 radical (unpaired) electrons. The van der Waals surface area contributed by atoms with Crippen LogP contribution in [0, 0.1) is 0 Å². The van der Waals surface area contributed by atoms with Gasteiger partial charge in [-0.3, -0.25) is 14.4 Å². The monoisotopic (exact) mass is 815 g/mol. The smallest absolute Gasteiger partial charge is 0.306 e. The summed E-state index contributed by atoms with van der Waals surface area (Å²) >= 11 is 0. The molecular weight excluding hydrogens is 721 g/mol. The summed E-state index contributed by atoms with van der Waals surface area (Å²) in [6.45, 7) is 6.57. The molecule has 0 fully saturated rings. The van der Waals surface area contributed by atoms with Crippen LogP contribution in [0.25, 0.3) is 0 Å². The van der Waals surface area contributed by atoms with Gasteiger partial charge in [-0.15, -0.1) is 0 Å². The van der Waals surface area contributed by atoms with Gasteiger partial charge in [-0.05, 0) is 70.6 Å². The van der Waals surface area contributed by atoms with Gasteiger partial charge in [0.05, 0.1) is 0 Å². The van der Waals surface area contributed by atoms with Crippen LogP contribution in [0.4, 0.5) is 0 Å². The number of carbonyl (C=O) groups excluding carboxylic acids is 3. The molecule has 6 nitrogen and oxygen atoms in total. The van der Waals surface area contributed by atoms with Crippen LogP contribution in [-0.4, -0.2) is 37.2 Å². The summed E-state index contributed by atoms with van der Waals surface area (Å²) in [5.74, 6) is -0.894. The summed E-state index contributed by atoms with van der Waals surface area (Å²) in [6, 6.07) is 0. The van der Waals surface area contributed by atoms with Crippen LogP contribution < -0.4 is 0 Å². The molecule has 0 saturated carbocycles. The fraction of sp³-hybridized carbons (Fsp3) is 0.827. The lowest BCUT2D eigenvalue weighted by atomic mass is 10.0. The Hall–Kier alpha value is -2.37. The molecule has 0 aliphatic heterocycles. The molecule has 1 atom stereocenters. The average molecular weight is 815 g/mol. The molecular formula is C52H94O6. The van der Waals surface area contributed by atoms with E-state index >= 15 is 0 Å². The van der Waals surface area contributed by atoms with Crippen molar-refractivity contribution in [3.63, 3.8) is 0 Å². The van der Waals surface area contributed by atoms with Gasteiger partial charge in [0.1, 0.15) is 13.2 Å². The third-order valence-electron chi connectivity index (χ3n) is 10.9. The van der Waals surface area contributed by atoms with Crippen LogP contribution in [0.1, 0.15) is 258 Å². The molecule has 0 bridgehead atoms. The average Bonchev–Trinajstić information content (AvgIpc) is 3.22. The second-order valence-electron chi connectivity index (χ2n) is 16.7. The van der Waals surface area contributed by atoms with Gasteiger partial charge >= 0.3 is 17.9 Å². The highest BCUT2D eigenvalue weighted by molar-refractivity contribution is 5.71. The van der Waals surface area contributed by atoms with Crippen LogP contribution in [0.15, 0.2) is 36.5 Å². The highest BCUT2D eigenvalue weighted by Gasteiger charge is 2.19. The molecule has 58 heavy (non-hydrogen) atoms. The maximum Gasteiger partial charge on any atom is 0.306 e. The highest BCUT2D eigenvalue weighted by Crippen LogP contribution is 2.15. The van der Waals surface area contributed by atoms with Crippen LogP contribution in [0.2, 0.25) is 0 Å². The first-order valence-corrected chi connectivity index (χ1v) is 25.0. The van der Waals surface area contributed by atoms with E-state index in [0.717, 1.165) is 89.9 Å². The van der Waals surface area contributed by atoms with Crippen molar-refractivity contribution < 1.29 is 28.6 Å². The van der Waals surface area contributed by atoms with Crippen molar-refractivity contribution in [1.82, 2.24) is 0 Å². The molecule has 6 heteroatoms. The minimum Gasteiger partial charge on any atom is -0.462 e. The van der Waals surface area contributed by atoms with Crippen LogP contribution in [0.3, 0.4) is 0 Å². The normalized spacial score (nSPS) is 12.3. The predicted molar refractivity (Wildman–Crippen MR) is 247 cm³/mol. The number of allylic oxidation sites excluding steroid dienone is 6. The number of unbranched alkanes of at least 4 members (excludes halogenated alkanes) is 28. The zero-order chi connectivity index (χ0) is 42.3. The molecule has 0 rings (SSSR count). The Morgan fingerprint density at radius 2 is 0.638 bits per heavy atom. The highest BCUT2D eigenvalue weighted by atomic mass is 16.6. The van der Waals surface area contributed by atoms with Crippen molar-refractivity contribution in [1.29, 1.82) is 0 Å². The van der Waals surface area contributed by atoms with E-state index in [1.807, 2.05) is 0 Å². The number of rotatable bonds is 45. The van der Waals surface area contributed by atoms with Gasteiger partial charge < -0.3 is 14.2 Å². The molecule has 0 aromatic carbocycles. The first-order chi connectivity index (χ1) is 28.5. The minimum absolute atomic E-state index is 0.0774. The van der Waals surface area contributed by atoms with Crippen molar-refractivity contribution in [2.75, 3.05) is 13.2 Å². The first kappa shape index (κ1) is 55.6. The predicted octanol–water partition coefficient (Wildman–Crippen LogP) is 16.1. The summed E-state index contributed by atoms with van der Waals surface area (Å²) in [7, 11) is 0. The van der Waals surface area contributed by atoms with Crippen molar-refractivity contribution in [2.24, 2.45) is 0 Å². The third-order valence-corrected chi connectivity index (χ3v) is 10.9. The van der Waals surface area contributed by atoms with E-state index < -0.39 is 6.10 Å². The Labute approximate surface area is 359 Å². The van der Waals surface area contributed by atoms with E-state index in [9.17, 15) is 14.4 Å². The van der Waals surface area contributed by atoms with E-state index in [2.05, 4.69) is 57.2 Å². The van der Waals surface area contributed by atoms with Crippen LogP contribution in [-0.2, 0) is 28.6 Å². The maximum absolute atomic E-state index is 12.8. The Balaban J connectivity index is 4.39. The number of carbonyl (C=O) groups is 3. The molecule has 338 valence electrons. The molecule has 0 aliphatic rings. The molecule has 0 amide bonds. The summed E-state index contributed by atoms with van der Waals surface area (Å²) in [5.41, 5.74) is 0. The summed E-state index contributed by atoms with van der Waals surface area (Å²) in [4.78, 5) is 37.9. The molecule has 0 aliphatic carbocycles. The zero-order valence-electron chi connectivity index (χ0n) is 38.6. The first-order valence-electron chi connectivity index (χ1n) is 25.0. The second-order valence-corrected chi connectivity index (χ2v) is 16.7. The lowest BCUT2D eigenvalue weighted by Crippen LogP contribution is -2.30. The summed E-state index contributed by atoms with van der Waals surface area (Å²) < 4.78 is 16.8. The fourth-order valence-electron chi connectivity index (χ4n) is 7.04. The van der Waals surface area contributed by atoms with Crippen molar-refractivity contribution in [2.45, 2.75) is 264 Å². The SMILES string of the molecule is CCCC/C=C\C/C=C\CCCCCCCC(=O)OCC(COC(=O)CCCCCCCCCCCCCCC)OC(=O)CCCCCCC/C=C\CCCCCC. The number of hydrogen-bond donors (Lipinski definition) is 0. The molecule has 1 unspecified atom stereocenters. The Morgan fingerprint density at radius 1 is 0.345 bits per heavy atom. The summed E-state index contributed by atoms with van der Waals surface area (Å²) in [5, 5.41) is 0. The lowest BCUT2D eigenvalue weighted by Gasteiger charge is -2.18.